The van der Waals surface area contributed by atoms with Crippen LogP contribution >= 0.6 is 0 Å². The maximum absolute atomic E-state index is 13.1. The van der Waals surface area contributed by atoms with Crippen molar-refractivity contribution >= 4 is 39.7 Å². The molecule has 2 saturated heterocycles. The van der Waals surface area contributed by atoms with Crippen molar-refractivity contribution in [2.75, 3.05) is 55.0 Å². The van der Waals surface area contributed by atoms with Crippen molar-refractivity contribution in [2.24, 2.45) is 0 Å². The quantitative estimate of drug-likeness (QED) is 0.633. The highest BCUT2D eigenvalue weighted by molar-refractivity contribution is 7.85. The van der Waals surface area contributed by atoms with Gasteiger partial charge < -0.3 is 24.8 Å². The third kappa shape index (κ3) is 5.01. The normalized spacial score (nSPS) is 23.0. The number of ether oxygens (including phenoxy) is 1. The van der Waals surface area contributed by atoms with Gasteiger partial charge >= 0.3 is 0 Å². The van der Waals surface area contributed by atoms with Crippen LogP contribution in [0.4, 0.5) is 23.0 Å². The van der Waals surface area contributed by atoms with Crippen LogP contribution in [0, 0.1) is 0 Å². The Hall–Kier alpha value is -2.49. The number of carbonyl (C=O) groups is 1. The number of benzene rings is 1. The minimum absolute atomic E-state index is 0.0838. The number of likely N-dealkylation sites (tertiary alicyclic amines) is 1. The lowest BCUT2D eigenvalue weighted by Gasteiger charge is -2.44. The van der Waals surface area contributed by atoms with E-state index < -0.39 is 10.8 Å². The molecule has 2 atom stereocenters. The summed E-state index contributed by atoms with van der Waals surface area (Å²) >= 11 is 0. The molecule has 36 heavy (non-hydrogen) atoms. The number of pyridine rings is 1. The maximum Gasteiger partial charge on any atom is 0.249 e. The molecule has 0 saturated carbocycles. The predicted octanol–water partition coefficient (Wildman–Crippen LogP) is 3.77. The molecule has 2 fully saturated rings. The molecular weight excluding hydrogens is 474 g/mol. The topological polar surface area (TPSA) is 78.0 Å². The Labute approximate surface area is 216 Å². The van der Waals surface area contributed by atoms with Crippen molar-refractivity contribution in [3.05, 3.63) is 36.4 Å². The van der Waals surface area contributed by atoms with E-state index in [-0.39, 0.29) is 23.2 Å². The fourth-order valence-corrected chi connectivity index (χ4v) is 7.00. The summed E-state index contributed by atoms with van der Waals surface area (Å²) in [5, 5.41) is 3.63. The maximum atomic E-state index is 13.1. The molecule has 194 valence electrons. The number of carbonyl (C=O) groups excluding carboxylic acids is 1. The third-order valence-electron chi connectivity index (χ3n) is 7.79. The zero-order chi connectivity index (χ0) is 25.2. The van der Waals surface area contributed by atoms with E-state index in [1.807, 2.05) is 50.4 Å². The Morgan fingerprint density at radius 2 is 1.75 bits per heavy atom. The van der Waals surface area contributed by atoms with Crippen LogP contribution in [0.1, 0.15) is 39.5 Å². The molecule has 4 heterocycles. The molecule has 1 aromatic heterocycles. The van der Waals surface area contributed by atoms with Crippen LogP contribution in [0.5, 0.6) is 0 Å². The molecule has 2 aromatic rings. The van der Waals surface area contributed by atoms with Crippen molar-refractivity contribution in [3.63, 3.8) is 0 Å². The van der Waals surface area contributed by atoms with E-state index in [4.69, 9.17) is 9.72 Å². The molecule has 0 radical (unpaired) electrons. The number of anilines is 4. The molecule has 5 rings (SSSR count). The van der Waals surface area contributed by atoms with Crippen LogP contribution in [0.2, 0.25) is 0 Å². The minimum Gasteiger partial charge on any atom is -0.381 e. The summed E-state index contributed by atoms with van der Waals surface area (Å²) in [5.74, 6) is 1.64. The van der Waals surface area contributed by atoms with Gasteiger partial charge in [-0.3, -0.25) is 9.00 Å². The van der Waals surface area contributed by atoms with Gasteiger partial charge in [0, 0.05) is 42.1 Å². The number of likely N-dealkylation sites (N-methyl/N-ethyl adjacent to an activating group) is 1. The molecule has 0 bridgehead atoms. The van der Waals surface area contributed by atoms with Crippen molar-refractivity contribution < 1.29 is 13.7 Å². The Morgan fingerprint density at radius 1 is 1.06 bits per heavy atom. The smallest absolute Gasteiger partial charge is 0.249 e. The van der Waals surface area contributed by atoms with Crippen molar-refractivity contribution in [2.45, 2.75) is 61.8 Å². The average Bonchev–Trinajstić information content (AvgIpc) is 2.92. The summed E-state index contributed by atoms with van der Waals surface area (Å²) in [6.07, 6.45) is 3.74. The Bertz CT molecular complexity index is 1100. The van der Waals surface area contributed by atoms with Crippen LogP contribution < -0.4 is 15.1 Å². The van der Waals surface area contributed by atoms with Gasteiger partial charge in [-0.25, -0.2) is 4.98 Å². The van der Waals surface area contributed by atoms with Gasteiger partial charge in [-0.2, -0.15) is 0 Å². The molecule has 1 aromatic carbocycles. The van der Waals surface area contributed by atoms with Gasteiger partial charge in [-0.1, -0.05) is 6.92 Å². The molecule has 2 unspecified atom stereocenters. The van der Waals surface area contributed by atoms with Gasteiger partial charge in [0.1, 0.15) is 11.9 Å². The lowest BCUT2D eigenvalue weighted by atomic mass is 10.0. The Morgan fingerprint density at radius 3 is 2.42 bits per heavy atom. The number of hydrogen-bond acceptors (Lipinski definition) is 7. The molecule has 8 nitrogen and oxygen atoms in total. The fourth-order valence-electron chi connectivity index (χ4n) is 5.57. The highest BCUT2D eigenvalue weighted by atomic mass is 32.2. The molecule has 1 N–H and O–H groups in total. The Kier molecular flexibility index (Phi) is 7.60. The average molecular weight is 512 g/mol. The van der Waals surface area contributed by atoms with E-state index in [9.17, 15) is 9.00 Å². The molecule has 0 aliphatic carbocycles. The summed E-state index contributed by atoms with van der Waals surface area (Å²) in [4.78, 5) is 25.1. The zero-order valence-corrected chi connectivity index (χ0v) is 22.3. The SMILES string of the molecule is CCN1CCC(S(=O)c2ccc(Nc3ccc4c(n3)N(C3CCOCC3)C(C)C(=O)N4C)cc2)CC1. The largest absolute Gasteiger partial charge is 0.381 e. The lowest BCUT2D eigenvalue weighted by molar-refractivity contribution is -0.119. The predicted molar refractivity (Wildman–Crippen MR) is 145 cm³/mol. The molecule has 1 amide bonds. The van der Waals surface area contributed by atoms with Gasteiger partial charge in [0.05, 0.1) is 16.5 Å². The van der Waals surface area contributed by atoms with Crippen LogP contribution in [0.25, 0.3) is 0 Å². The second-order valence-electron chi connectivity index (χ2n) is 9.94. The fraction of sp³-hybridized carbons (Fsp3) is 0.556. The number of piperidine rings is 1. The summed E-state index contributed by atoms with van der Waals surface area (Å²) in [7, 11) is 0.831. The van der Waals surface area contributed by atoms with E-state index in [0.717, 1.165) is 73.2 Å². The summed E-state index contributed by atoms with van der Waals surface area (Å²) in [5.41, 5.74) is 1.73. The number of amides is 1. The van der Waals surface area contributed by atoms with Gasteiger partial charge in [-0.05, 0) is 88.6 Å². The Balaban J connectivity index is 1.32. The number of aromatic nitrogens is 1. The van der Waals surface area contributed by atoms with Crippen LogP contribution in [-0.2, 0) is 20.3 Å². The second kappa shape index (κ2) is 10.9. The molecule has 3 aliphatic rings. The first-order valence-corrected chi connectivity index (χ1v) is 14.3. The second-order valence-corrected chi connectivity index (χ2v) is 11.7. The van der Waals surface area contributed by atoms with E-state index >= 15 is 0 Å². The van der Waals surface area contributed by atoms with Crippen LogP contribution in [0.3, 0.4) is 0 Å². The van der Waals surface area contributed by atoms with Gasteiger partial charge in [-0.15, -0.1) is 0 Å². The van der Waals surface area contributed by atoms with E-state index in [2.05, 4.69) is 22.0 Å². The van der Waals surface area contributed by atoms with Gasteiger partial charge in [0.25, 0.3) is 0 Å². The highest BCUT2D eigenvalue weighted by Crippen LogP contribution is 2.38. The van der Waals surface area contributed by atoms with E-state index in [1.165, 1.54) is 0 Å². The molecular formula is C27H37N5O3S. The van der Waals surface area contributed by atoms with Gasteiger partial charge in [0.2, 0.25) is 5.91 Å². The zero-order valence-electron chi connectivity index (χ0n) is 21.5. The van der Waals surface area contributed by atoms with Crippen molar-refractivity contribution in [1.82, 2.24) is 9.88 Å². The summed E-state index contributed by atoms with van der Waals surface area (Å²) < 4.78 is 18.7. The molecule has 3 aliphatic heterocycles. The number of nitrogens with one attached hydrogen (secondary N) is 1. The number of rotatable bonds is 6. The van der Waals surface area contributed by atoms with E-state index in [0.29, 0.717) is 13.2 Å². The van der Waals surface area contributed by atoms with Crippen molar-refractivity contribution in [1.29, 1.82) is 0 Å². The van der Waals surface area contributed by atoms with Crippen LogP contribution in [-0.4, -0.2) is 77.2 Å². The first kappa shape index (κ1) is 25.2. The standard InChI is InChI=1S/C27H37N5O3S/c1-4-31-15-11-23(12-16-31)36(34)22-7-5-20(6-8-22)28-25-10-9-24-26(29-25)32(19(2)27(33)30(24)3)21-13-17-35-18-14-21/h5-10,19,21,23H,4,11-18H2,1-3H3,(H,28,29). The first-order valence-electron chi connectivity index (χ1n) is 13.1. The summed E-state index contributed by atoms with van der Waals surface area (Å²) in [6.45, 7) is 8.68. The molecule has 0 spiro atoms. The van der Waals surface area contributed by atoms with Crippen LogP contribution in [0.15, 0.2) is 41.3 Å². The first-order chi connectivity index (χ1) is 17.5. The van der Waals surface area contributed by atoms with Crippen molar-refractivity contribution in [3.8, 4) is 0 Å². The minimum atomic E-state index is -0.987. The lowest BCUT2D eigenvalue weighted by Crippen LogP contribution is -2.56. The highest BCUT2D eigenvalue weighted by Gasteiger charge is 2.39. The molecule has 9 heteroatoms. The summed E-state index contributed by atoms with van der Waals surface area (Å²) in [6, 6.07) is 11.7. The van der Waals surface area contributed by atoms with E-state index in [1.54, 1.807) is 4.90 Å². The monoisotopic (exact) mass is 511 g/mol. The number of fused-ring (bicyclic) bond motifs is 1. The van der Waals surface area contributed by atoms with Gasteiger partial charge in [0.15, 0.2) is 5.82 Å². The number of hydrogen-bond donors (Lipinski definition) is 1. The number of nitrogens with zero attached hydrogens (tertiary/aromatic N) is 4. The third-order valence-corrected chi connectivity index (χ3v) is 9.61.